The molecule has 0 aliphatic heterocycles. The third-order valence-corrected chi connectivity index (χ3v) is 3.76. The number of aromatic nitrogens is 2. The maximum Gasteiger partial charge on any atom is 0.424 e. The molecule has 1 aromatic rings. The summed E-state index contributed by atoms with van der Waals surface area (Å²) in [5.74, 6) is 0.501. The van der Waals surface area contributed by atoms with Crippen molar-refractivity contribution in [3.05, 3.63) is 18.2 Å². The molecule has 1 aromatic heterocycles. The lowest BCUT2D eigenvalue weighted by molar-refractivity contribution is -0.272. The summed E-state index contributed by atoms with van der Waals surface area (Å²) in [6.07, 6.45) is -1.92. The highest BCUT2D eigenvalue weighted by molar-refractivity contribution is 5.79. The number of aryl methyl sites for hydroxylation is 1. The van der Waals surface area contributed by atoms with Crippen LogP contribution in [0.15, 0.2) is 17.4 Å². The van der Waals surface area contributed by atoms with E-state index in [4.69, 9.17) is 0 Å². The van der Waals surface area contributed by atoms with Crippen molar-refractivity contribution < 1.29 is 18.3 Å². The van der Waals surface area contributed by atoms with Gasteiger partial charge in [0.25, 0.3) is 0 Å². The van der Waals surface area contributed by atoms with Crippen molar-refractivity contribution in [1.82, 2.24) is 20.2 Å². The minimum absolute atomic E-state index is 0.101. The number of alkyl halides is 3. The van der Waals surface area contributed by atoms with Gasteiger partial charge < -0.3 is 20.3 Å². The van der Waals surface area contributed by atoms with E-state index in [1.165, 1.54) is 24.0 Å². The highest BCUT2D eigenvalue weighted by Crippen LogP contribution is 2.40. The Morgan fingerprint density at radius 3 is 2.52 bits per heavy atom. The summed E-state index contributed by atoms with van der Waals surface area (Å²) in [6.45, 7) is 7.10. The third-order valence-electron chi connectivity index (χ3n) is 3.76. The molecule has 0 aliphatic rings. The summed E-state index contributed by atoms with van der Waals surface area (Å²) in [5.41, 5.74) is -3.02. The molecule has 0 amide bonds. The Kier molecular flexibility index (Phi) is 7.72. The third kappa shape index (κ3) is 5.91. The first-order valence-corrected chi connectivity index (χ1v) is 8.41. The van der Waals surface area contributed by atoms with Crippen LogP contribution in [0.2, 0.25) is 0 Å². The first-order chi connectivity index (χ1) is 11.6. The zero-order valence-corrected chi connectivity index (χ0v) is 15.2. The van der Waals surface area contributed by atoms with Gasteiger partial charge in [-0.1, -0.05) is 13.8 Å². The van der Waals surface area contributed by atoms with E-state index in [1.807, 2.05) is 6.92 Å². The Balaban J connectivity index is 2.78. The standard InChI is InChI=1S/C16H28F3N5O/c1-5-20-14(22-8-6-12(2)3)23-9-7-15(25,16(17,18)19)13-21-10-11-24(13)4/h10-12,25H,5-9H2,1-4H3,(H2,20,22,23). The number of nitrogens with zero attached hydrogens (tertiary/aromatic N) is 3. The van der Waals surface area contributed by atoms with Crippen molar-refractivity contribution in [2.45, 2.75) is 45.4 Å². The Bertz CT molecular complexity index is 556. The van der Waals surface area contributed by atoms with Gasteiger partial charge in [0, 0.05) is 45.5 Å². The zero-order valence-electron chi connectivity index (χ0n) is 15.2. The maximum absolute atomic E-state index is 13.4. The van der Waals surface area contributed by atoms with Crippen LogP contribution < -0.4 is 10.6 Å². The Labute approximate surface area is 146 Å². The second-order valence-electron chi connectivity index (χ2n) is 6.34. The second kappa shape index (κ2) is 9.07. The molecule has 1 unspecified atom stereocenters. The number of imidazole rings is 1. The molecule has 1 heterocycles. The number of guanidine groups is 1. The van der Waals surface area contributed by atoms with E-state index in [1.54, 1.807) is 0 Å². The predicted octanol–water partition coefficient (Wildman–Crippen LogP) is 2.16. The molecule has 6 nitrogen and oxygen atoms in total. The van der Waals surface area contributed by atoms with Gasteiger partial charge in [-0.15, -0.1) is 0 Å². The summed E-state index contributed by atoms with van der Waals surface area (Å²) in [7, 11) is 1.42. The lowest BCUT2D eigenvalue weighted by Crippen LogP contribution is -2.48. The van der Waals surface area contributed by atoms with Crippen LogP contribution in [-0.2, 0) is 12.6 Å². The monoisotopic (exact) mass is 363 g/mol. The topological polar surface area (TPSA) is 74.5 Å². The average molecular weight is 363 g/mol. The van der Waals surface area contributed by atoms with Gasteiger partial charge in [-0.25, -0.2) is 4.98 Å². The molecule has 0 saturated heterocycles. The predicted molar refractivity (Wildman–Crippen MR) is 91.2 cm³/mol. The fourth-order valence-corrected chi connectivity index (χ4v) is 2.28. The molecule has 0 radical (unpaired) electrons. The van der Waals surface area contributed by atoms with Crippen LogP contribution in [0.25, 0.3) is 0 Å². The molecule has 0 fully saturated rings. The minimum Gasteiger partial charge on any atom is -0.374 e. The summed E-state index contributed by atoms with van der Waals surface area (Å²) in [5, 5.41) is 16.1. The molecule has 9 heteroatoms. The van der Waals surface area contributed by atoms with Gasteiger partial charge in [0.2, 0.25) is 5.60 Å². The highest BCUT2D eigenvalue weighted by atomic mass is 19.4. The van der Waals surface area contributed by atoms with Crippen molar-refractivity contribution in [3.8, 4) is 0 Å². The van der Waals surface area contributed by atoms with Crippen LogP contribution in [0.1, 0.15) is 39.4 Å². The van der Waals surface area contributed by atoms with Gasteiger partial charge in [0.15, 0.2) is 5.96 Å². The molecular weight excluding hydrogens is 335 g/mol. The molecule has 0 bridgehead atoms. The lowest BCUT2D eigenvalue weighted by atomic mass is 9.97. The number of rotatable bonds is 8. The van der Waals surface area contributed by atoms with Crippen LogP contribution in [0.4, 0.5) is 13.2 Å². The Morgan fingerprint density at radius 1 is 1.36 bits per heavy atom. The molecule has 1 atom stereocenters. The van der Waals surface area contributed by atoms with E-state index in [0.717, 1.165) is 6.42 Å². The number of aliphatic hydroxyl groups is 1. The van der Waals surface area contributed by atoms with Crippen molar-refractivity contribution >= 4 is 5.96 Å². The average Bonchev–Trinajstić information content (AvgIpc) is 2.92. The Morgan fingerprint density at radius 2 is 2.04 bits per heavy atom. The molecule has 0 spiro atoms. The van der Waals surface area contributed by atoms with Crippen LogP contribution in [0.5, 0.6) is 0 Å². The van der Waals surface area contributed by atoms with Crippen molar-refractivity contribution in [2.24, 2.45) is 18.0 Å². The molecule has 0 aliphatic carbocycles. The molecule has 1 rings (SSSR count). The molecule has 0 saturated carbocycles. The number of nitrogens with one attached hydrogen (secondary N) is 2. The lowest BCUT2D eigenvalue weighted by Gasteiger charge is -2.30. The van der Waals surface area contributed by atoms with E-state index >= 15 is 0 Å². The summed E-state index contributed by atoms with van der Waals surface area (Å²) >= 11 is 0. The van der Waals surface area contributed by atoms with E-state index in [9.17, 15) is 18.3 Å². The Hall–Kier alpha value is -1.77. The number of hydrogen-bond donors (Lipinski definition) is 3. The molecule has 0 aromatic carbocycles. The fourth-order valence-electron chi connectivity index (χ4n) is 2.28. The molecule has 3 N–H and O–H groups in total. The molecule has 25 heavy (non-hydrogen) atoms. The highest BCUT2D eigenvalue weighted by Gasteiger charge is 2.57. The first kappa shape index (κ1) is 21.3. The van der Waals surface area contributed by atoms with Gasteiger partial charge in [0.05, 0.1) is 0 Å². The van der Waals surface area contributed by atoms with Crippen LogP contribution in [-0.4, -0.2) is 46.4 Å². The van der Waals surface area contributed by atoms with Gasteiger partial charge >= 0.3 is 6.18 Å². The fraction of sp³-hybridized carbons (Fsp3) is 0.750. The minimum atomic E-state index is -4.83. The van der Waals surface area contributed by atoms with Crippen molar-refractivity contribution in [1.29, 1.82) is 0 Å². The van der Waals surface area contributed by atoms with E-state index in [0.29, 0.717) is 25.0 Å². The molecular formula is C16H28F3N5O. The summed E-state index contributed by atoms with van der Waals surface area (Å²) in [4.78, 5) is 8.00. The van der Waals surface area contributed by atoms with Crippen molar-refractivity contribution in [3.63, 3.8) is 0 Å². The van der Waals surface area contributed by atoms with Crippen molar-refractivity contribution in [2.75, 3.05) is 19.6 Å². The van der Waals surface area contributed by atoms with E-state index < -0.39 is 24.0 Å². The molecule has 144 valence electrons. The van der Waals surface area contributed by atoms with Gasteiger partial charge in [-0.3, -0.25) is 4.99 Å². The largest absolute Gasteiger partial charge is 0.424 e. The zero-order chi connectivity index (χ0) is 19.1. The van der Waals surface area contributed by atoms with E-state index in [-0.39, 0.29) is 6.54 Å². The smallest absolute Gasteiger partial charge is 0.374 e. The number of halogens is 3. The first-order valence-electron chi connectivity index (χ1n) is 8.41. The quantitative estimate of drug-likeness (QED) is 0.489. The summed E-state index contributed by atoms with van der Waals surface area (Å²) < 4.78 is 41.5. The maximum atomic E-state index is 13.4. The summed E-state index contributed by atoms with van der Waals surface area (Å²) in [6, 6.07) is 0. The van der Waals surface area contributed by atoms with Gasteiger partial charge in [-0.05, 0) is 19.3 Å². The van der Waals surface area contributed by atoms with Gasteiger partial charge in [0.1, 0.15) is 5.82 Å². The SMILES string of the molecule is CCNC(=NCCC(C)C)NCCC(O)(c1nccn1C)C(F)(F)F. The number of hydrogen-bond acceptors (Lipinski definition) is 3. The van der Waals surface area contributed by atoms with E-state index in [2.05, 4.69) is 34.5 Å². The van der Waals surface area contributed by atoms with Crippen LogP contribution in [0, 0.1) is 5.92 Å². The van der Waals surface area contributed by atoms with Crippen LogP contribution in [0.3, 0.4) is 0 Å². The van der Waals surface area contributed by atoms with Crippen LogP contribution >= 0.6 is 0 Å². The second-order valence-corrected chi connectivity index (χ2v) is 6.34. The normalized spacial score (nSPS) is 15.3. The number of aliphatic imine (C=N–C) groups is 1. The van der Waals surface area contributed by atoms with Gasteiger partial charge in [-0.2, -0.15) is 13.2 Å².